The predicted octanol–water partition coefficient (Wildman–Crippen LogP) is 3.24. The number of benzene rings is 2. The summed E-state index contributed by atoms with van der Waals surface area (Å²) >= 11 is 0. The fraction of sp³-hybridized carbons (Fsp3) is 0.241. The number of rotatable bonds is 8. The van der Waals surface area contributed by atoms with Crippen LogP contribution >= 0.6 is 0 Å². The first-order valence-electron chi connectivity index (χ1n) is 12.8. The molecular formula is C29H27N3O7S. The molecule has 2 aromatic carbocycles. The second-order valence-corrected chi connectivity index (χ2v) is 11.6. The van der Waals surface area contributed by atoms with Gasteiger partial charge in [-0.15, -0.1) is 0 Å². The molecule has 0 bridgehead atoms. The van der Waals surface area contributed by atoms with Crippen LogP contribution in [0.4, 0.5) is 0 Å². The fourth-order valence-electron chi connectivity index (χ4n) is 4.74. The molecule has 40 heavy (non-hydrogen) atoms. The van der Waals surface area contributed by atoms with Crippen LogP contribution in [0.2, 0.25) is 0 Å². The molecule has 0 radical (unpaired) electrons. The number of amides is 1. The van der Waals surface area contributed by atoms with Crippen molar-refractivity contribution in [1.82, 2.24) is 14.7 Å². The third kappa shape index (κ3) is 5.89. The summed E-state index contributed by atoms with van der Waals surface area (Å²) in [4.78, 5) is 39.5. The van der Waals surface area contributed by atoms with Crippen LogP contribution in [0.5, 0.6) is 0 Å². The van der Waals surface area contributed by atoms with Crippen LogP contribution in [0.1, 0.15) is 18.9 Å². The van der Waals surface area contributed by atoms with Crippen LogP contribution in [0, 0.1) is 0 Å². The minimum Gasteiger partial charge on any atom is -0.452 e. The van der Waals surface area contributed by atoms with Crippen LogP contribution in [0.15, 0.2) is 82.1 Å². The van der Waals surface area contributed by atoms with Crippen molar-refractivity contribution in [2.45, 2.75) is 19.4 Å². The molecule has 3 heterocycles. The summed E-state index contributed by atoms with van der Waals surface area (Å²) in [5.74, 6) is -1.28. The number of aromatic nitrogens is 2. The van der Waals surface area contributed by atoms with Crippen molar-refractivity contribution in [3.05, 3.63) is 88.9 Å². The van der Waals surface area contributed by atoms with Gasteiger partial charge in [-0.1, -0.05) is 36.4 Å². The molecule has 1 amide bonds. The Kier molecular flexibility index (Phi) is 7.65. The number of sulfone groups is 1. The highest BCUT2D eigenvalue weighted by molar-refractivity contribution is 7.91. The molecule has 0 aliphatic carbocycles. The van der Waals surface area contributed by atoms with E-state index in [0.29, 0.717) is 29.8 Å². The Balaban J connectivity index is 1.38. The van der Waals surface area contributed by atoms with E-state index >= 15 is 0 Å². The number of nitrogens with zero attached hydrogens (tertiary/aromatic N) is 3. The van der Waals surface area contributed by atoms with Crippen molar-refractivity contribution >= 4 is 38.8 Å². The number of hydrogen-bond donors (Lipinski definition) is 0. The standard InChI is InChI=1S/C29H27N3O7S/c1-2-31(23-14-15-40(36,37)19-23)26(33)18-38-27(34)13-12-21-17-32(22-9-4-3-5-10-22)30-28(21)24-16-20-8-6-7-11-25(20)39-29(24)35/h3-13,16-17,23H,2,14-15,18-19H2,1H3/b13-12+/t23-/m0/s1. The second kappa shape index (κ2) is 11.3. The lowest BCUT2D eigenvalue weighted by Gasteiger charge is -2.26. The molecule has 0 saturated carbocycles. The zero-order valence-corrected chi connectivity index (χ0v) is 22.5. The Morgan fingerprint density at radius 1 is 1.15 bits per heavy atom. The van der Waals surface area contributed by atoms with E-state index in [1.54, 1.807) is 36.0 Å². The van der Waals surface area contributed by atoms with E-state index in [2.05, 4.69) is 5.10 Å². The first-order valence-corrected chi connectivity index (χ1v) is 14.6. The van der Waals surface area contributed by atoms with Gasteiger partial charge in [0.15, 0.2) is 16.4 Å². The van der Waals surface area contributed by atoms with Gasteiger partial charge in [0.1, 0.15) is 11.3 Å². The van der Waals surface area contributed by atoms with E-state index in [-0.39, 0.29) is 17.1 Å². The first-order chi connectivity index (χ1) is 19.2. The number of carbonyl (C=O) groups is 2. The third-order valence-electron chi connectivity index (χ3n) is 6.71. The molecule has 5 rings (SSSR count). The van der Waals surface area contributed by atoms with Crippen molar-refractivity contribution in [3.8, 4) is 16.9 Å². The summed E-state index contributed by atoms with van der Waals surface area (Å²) in [6.07, 6.45) is 4.66. The van der Waals surface area contributed by atoms with Crippen molar-refractivity contribution < 1.29 is 27.2 Å². The van der Waals surface area contributed by atoms with Crippen LogP contribution in [0.3, 0.4) is 0 Å². The number of esters is 1. The second-order valence-electron chi connectivity index (χ2n) is 9.38. The summed E-state index contributed by atoms with van der Waals surface area (Å²) in [7, 11) is -3.16. The van der Waals surface area contributed by atoms with Gasteiger partial charge in [0, 0.05) is 35.8 Å². The smallest absolute Gasteiger partial charge is 0.345 e. The van der Waals surface area contributed by atoms with Gasteiger partial charge in [-0.2, -0.15) is 5.10 Å². The lowest BCUT2D eigenvalue weighted by molar-refractivity contribution is -0.149. The van der Waals surface area contributed by atoms with Gasteiger partial charge in [0.2, 0.25) is 0 Å². The monoisotopic (exact) mass is 561 g/mol. The SMILES string of the molecule is CCN(C(=O)COC(=O)/C=C/c1cn(-c2ccccc2)nc1-c1cc2ccccc2oc1=O)[C@H]1CCS(=O)(=O)C1. The highest BCUT2D eigenvalue weighted by Gasteiger charge is 2.34. The number of ether oxygens (including phenoxy) is 1. The minimum atomic E-state index is -3.16. The van der Waals surface area contributed by atoms with Gasteiger partial charge < -0.3 is 14.1 Å². The van der Waals surface area contributed by atoms with Crippen molar-refractivity contribution in [1.29, 1.82) is 0 Å². The number of fused-ring (bicyclic) bond motifs is 1. The first kappa shape index (κ1) is 27.1. The molecule has 2 aromatic heterocycles. The topological polar surface area (TPSA) is 129 Å². The summed E-state index contributed by atoms with van der Waals surface area (Å²) in [6, 6.07) is 17.7. The molecule has 1 fully saturated rings. The Hall–Kier alpha value is -4.51. The Morgan fingerprint density at radius 3 is 2.62 bits per heavy atom. The van der Waals surface area contributed by atoms with Gasteiger partial charge >= 0.3 is 11.6 Å². The largest absolute Gasteiger partial charge is 0.452 e. The lowest BCUT2D eigenvalue weighted by Crippen LogP contribution is -2.43. The molecule has 1 atom stereocenters. The maximum absolute atomic E-state index is 12.9. The average molecular weight is 562 g/mol. The lowest BCUT2D eigenvalue weighted by atomic mass is 10.1. The zero-order valence-electron chi connectivity index (χ0n) is 21.7. The maximum atomic E-state index is 12.9. The van der Waals surface area contributed by atoms with Gasteiger partial charge in [0.25, 0.3) is 5.91 Å². The molecule has 10 nitrogen and oxygen atoms in total. The third-order valence-corrected chi connectivity index (χ3v) is 8.46. The summed E-state index contributed by atoms with van der Waals surface area (Å²) in [6.45, 7) is 1.54. The Bertz CT molecular complexity index is 1760. The molecule has 4 aromatic rings. The molecule has 1 aliphatic heterocycles. The van der Waals surface area contributed by atoms with Crippen LogP contribution in [-0.4, -0.2) is 65.7 Å². The molecular weight excluding hydrogens is 534 g/mol. The number of para-hydroxylation sites is 2. The number of likely N-dealkylation sites (N-methyl/N-ethyl adjacent to an activating group) is 1. The van der Waals surface area contributed by atoms with Gasteiger partial charge in [-0.05, 0) is 43.7 Å². The van der Waals surface area contributed by atoms with E-state index in [4.69, 9.17) is 9.15 Å². The number of carbonyl (C=O) groups excluding carboxylic acids is 2. The molecule has 1 saturated heterocycles. The molecule has 206 valence electrons. The van der Waals surface area contributed by atoms with Crippen LogP contribution in [-0.2, 0) is 24.2 Å². The van der Waals surface area contributed by atoms with Gasteiger partial charge in [-0.25, -0.2) is 22.7 Å². The van der Waals surface area contributed by atoms with Gasteiger partial charge in [0.05, 0.1) is 22.8 Å². The normalized spacial score (nSPS) is 16.4. The summed E-state index contributed by atoms with van der Waals surface area (Å²) in [5, 5.41) is 5.32. The van der Waals surface area contributed by atoms with Crippen molar-refractivity contribution in [3.63, 3.8) is 0 Å². The van der Waals surface area contributed by atoms with Gasteiger partial charge in [-0.3, -0.25) is 4.79 Å². The number of hydrogen-bond acceptors (Lipinski definition) is 8. The van der Waals surface area contributed by atoms with E-state index in [1.807, 2.05) is 42.5 Å². The van der Waals surface area contributed by atoms with Crippen LogP contribution in [0.25, 0.3) is 34.0 Å². The highest BCUT2D eigenvalue weighted by atomic mass is 32.2. The zero-order chi connectivity index (χ0) is 28.3. The van der Waals surface area contributed by atoms with Crippen molar-refractivity contribution in [2.75, 3.05) is 24.7 Å². The van der Waals surface area contributed by atoms with E-state index < -0.39 is 40.0 Å². The predicted molar refractivity (Wildman–Crippen MR) is 149 cm³/mol. The van der Waals surface area contributed by atoms with E-state index in [9.17, 15) is 22.8 Å². The van der Waals surface area contributed by atoms with Crippen LogP contribution < -0.4 is 5.63 Å². The minimum absolute atomic E-state index is 0.0402. The highest BCUT2D eigenvalue weighted by Crippen LogP contribution is 2.25. The van der Waals surface area contributed by atoms with E-state index in [1.165, 1.54) is 11.0 Å². The Labute approximate surface area is 230 Å². The summed E-state index contributed by atoms with van der Waals surface area (Å²) < 4.78 is 35.9. The average Bonchev–Trinajstić information content (AvgIpc) is 3.54. The van der Waals surface area contributed by atoms with E-state index in [0.717, 1.165) is 17.1 Å². The quantitative estimate of drug-likeness (QED) is 0.182. The Morgan fingerprint density at radius 2 is 1.90 bits per heavy atom. The summed E-state index contributed by atoms with van der Waals surface area (Å²) in [5.41, 5.74) is 1.61. The molecule has 0 spiro atoms. The molecule has 1 aliphatic rings. The molecule has 0 N–H and O–H groups in total. The molecule has 11 heteroatoms. The maximum Gasteiger partial charge on any atom is 0.345 e. The van der Waals surface area contributed by atoms with Crippen molar-refractivity contribution in [2.24, 2.45) is 0 Å². The molecule has 0 unspecified atom stereocenters. The fourth-order valence-corrected chi connectivity index (χ4v) is 6.47.